The van der Waals surface area contributed by atoms with Crippen LogP contribution in [0.3, 0.4) is 0 Å². The average molecular weight is 303 g/mol. The van der Waals surface area contributed by atoms with Gasteiger partial charge in [-0.1, -0.05) is 0 Å². The number of anilines is 2. The van der Waals surface area contributed by atoms with Crippen molar-refractivity contribution in [1.29, 1.82) is 0 Å². The van der Waals surface area contributed by atoms with Crippen LogP contribution in [0.25, 0.3) is 20.8 Å². The minimum absolute atomic E-state index is 0.166. The van der Waals surface area contributed by atoms with Crippen LogP contribution in [0.5, 0.6) is 0 Å². The summed E-state index contributed by atoms with van der Waals surface area (Å²) in [5.41, 5.74) is 9.86. The Labute approximate surface area is 126 Å². The van der Waals surface area contributed by atoms with Gasteiger partial charge in [-0.25, -0.2) is 4.98 Å². The van der Waals surface area contributed by atoms with E-state index < -0.39 is 0 Å². The number of H-pyrrole nitrogens is 1. The number of hydrogen-bond donors (Lipinski definition) is 4. The maximum absolute atomic E-state index is 8.90. The third-order valence-corrected chi connectivity index (χ3v) is 4.64. The van der Waals surface area contributed by atoms with Crippen molar-refractivity contribution in [3.8, 4) is 10.6 Å². The summed E-state index contributed by atoms with van der Waals surface area (Å²) in [6, 6.07) is 3.78. The predicted molar refractivity (Wildman–Crippen MR) is 86.5 cm³/mol. The lowest BCUT2D eigenvalue weighted by atomic mass is 10.2. The van der Waals surface area contributed by atoms with E-state index in [9.17, 15) is 0 Å². The smallest absolute Gasteiger partial charge is 0.126 e. The molecule has 0 atom stereocenters. The van der Waals surface area contributed by atoms with Crippen molar-refractivity contribution in [3.05, 3.63) is 23.9 Å². The van der Waals surface area contributed by atoms with Crippen LogP contribution in [0.2, 0.25) is 0 Å². The van der Waals surface area contributed by atoms with Gasteiger partial charge in [0.15, 0.2) is 0 Å². The number of aromatic nitrogens is 3. The molecular weight excluding hydrogens is 286 g/mol. The summed E-state index contributed by atoms with van der Waals surface area (Å²) >= 11 is 1.66. The standard InChI is InChI=1S/C14H17N5OS/c1-8-12-14(21-13(8)9-3-5-17-19-9)10(7-11(15)18-12)16-4-2-6-20/h3,5,7,20H,2,4,6H2,1H3,(H,17,19)(H3,15,16,18). The van der Waals surface area contributed by atoms with Gasteiger partial charge in [0.2, 0.25) is 0 Å². The van der Waals surface area contributed by atoms with E-state index in [2.05, 4.69) is 20.5 Å². The molecule has 3 heterocycles. The number of nitrogen functional groups attached to an aromatic ring is 1. The molecule has 0 aliphatic heterocycles. The van der Waals surface area contributed by atoms with Crippen molar-refractivity contribution in [3.63, 3.8) is 0 Å². The third kappa shape index (κ3) is 2.57. The van der Waals surface area contributed by atoms with E-state index in [-0.39, 0.29) is 6.61 Å². The van der Waals surface area contributed by atoms with Crippen LogP contribution < -0.4 is 11.1 Å². The molecule has 110 valence electrons. The number of rotatable bonds is 5. The van der Waals surface area contributed by atoms with Crippen LogP contribution in [0.1, 0.15) is 12.0 Å². The first-order valence-electron chi connectivity index (χ1n) is 6.75. The van der Waals surface area contributed by atoms with Gasteiger partial charge in [-0.2, -0.15) is 5.10 Å². The van der Waals surface area contributed by atoms with Gasteiger partial charge in [0.25, 0.3) is 0 Å². The van der Waals surface area contributed by atoms with E-state index in [1.807, 2.05) is 19.1 Å². The molecule has 3 aromatic rings. The molecule has 5 N–H and O–H groups in total. The lowest BCUT2D eigenvalue weighted by molar-refractivity contribution is 0.292. The summed E-state index contributed by atoms with van der Waals surface area (Å²) < 4.78 is 1.07. The molecule has 0 fully saturated rings. The molecule has 0 unspecified atom stereocenters. The van der Waals surface area contributed by atoms with Crippen LogP contribution >= 0.6 is 11.3 Å². The van der Waals surface area contributed by atoms with Crippen LogP contribution in [0.4, 0.5) is 11.5 Å². The largest absolute Gasteiger partial charge is 0.396 e. The summed E-state index contributed by atoms with van der Waals surface area (Å²) in [5.74, 6) is 0.492. The molecule has 0 aromatic carbocycles. The molecule has 0 bridgehead atoms. The first kappa shape index (κ1) is 13.8. The first-order chi connectivity index (χ1) is 10.2. The second-order valence-electron chi connectivity index (χ2n) is 4.80. The van der Waals surface area contributed by atoms with Crippen molar-refractivity contribution in [2.75, 3.05) is 24.2 Å². The molecule has 0 radical (unpaired) electrons. The van der Waals surface area contributed by atoms with Crippen LogP contribution in [-0.2, 0) is 0 Å². The normalized spacial score (nSPS) is 11.1. The molecule has 21 heavy (non-hydrogen) atoms. The fraction of sp³-hybridized carbons (Fsp3) is 0.286. The van der Waals surface area contributed by atoms with E-state index in [4.69, 9.17) is 10.8 Å². The van der Waals surface area contributed by atoms with Gasteiger partial charge in [0.05, 0.1) is 26.5 Å². The van der Waals surface area contributed by atoms with E-state index in [0.29, 0.717) is 18.8 Å². The van der Waals surface area contributed by atoms with Gasteiger partial charge in [-0.3, -0.25) is 5.10 Å². The van der Waals surface area contributed by atoms with Crippen molar-refractivity contribution < 1.29 is 5.11 Å². The highest BCUT2D eigenvalue weighted by molar-refractivity contribution is 7.23. The fourth-order valence-electron chi connectivity index (χ4n) is 2.27. The zero-order valence-electron chi connectivity index (χ0n) is 11.7. The molecule has 0 saturated carbocycles. The number of aromatic amines is 1. The molecule has 0 spiro atoms. The molecule has 3 aromatic heterocycles. The Balaban J connectivity index is 2.09. The van der Waals surface area contributed by atoms with Gasteiger partial charge in [-0.05, 0) is 25.0 Å². The van der Waals surface area contributed by atoms with Crippen molar-refractivity contribution in [2.45, 2.75) is 13.3 Å². The summed E-state index contributed by atoms with van der Waals surface area (Å²) in [6.07, 6.45) is 2.43. The van der Waals surface area contributed by atoms with E-state index in [1.54, 1.807) is 17.5 Å². The summed E-state index contributed by atoms with van der Waals surface area (Å²) in [4.78, 5) is 5.58. The number of nitrogens with two attached hydrogens (primary N) is 1. The maximum Gasteiger partial charge on any atom is 0.126 e. The molecule has 0 saturated heterocycles. The zero-order valence-corrected chi connectivity index (χ0v) is 12.5. The highest BCUT2D eigenvalue weighted by Crippen LogP contribution is 2.40. The maximum atomic E-state index is 8.90. The SMILES string of the molecule is Cc1c(-c2ccn[nH]2)sc2c(NCCCO)cc(N)nc12. The van der Waals surface area contributed by atoms with Crippen LogP contribution in [0.15, 0.2) is 18.3 Å². The number of aliphatic hydroxyl groups is 1. The molecule has 3 rings (SSSR count). The topological polar surface area (TPSA) is 99.8 Å². The Kier molecular flexibility index (Phi) is 3.76. The molecule has 0 amide bonds. The van der Waals surface area contributed by atoms with Crippen LogP contribution in [0, 0.1) is 6.92 Å². The highest BCUT2D eigenvalue weighted by atomic mass is 32.1. The van der Waals surface area contributed by atoms with Gasteiger partial charge >= 0.3 is 0 Å². The number of nitrogens with one attached hydrogen (secondary N) is 2. The highest BCUT2D eigenvalue weighted by Gasteiger charge is 2.16. The number of aliphatic hydroxyl groups excluding tert-OH is 1. The van der Waals surface area contributed by atoms with Gasteiger partial charge in [-0.15, -0.1) is 11.3 Å². The molecule has 0 aliphatic rings. The van der Waals surface area contributed by atoms with E-state index >= 15 is 0 Å². The van der Waals surface area contributed by atoms with E-state index in [1.165, 1.54) is 0 Å². The zero-order chi connectivity index (χ0) is 14.8. The summed E-state index contributed by atoms with van der Waals surface area (Å²) in [5, 5.41) is 19.2. The molecule has 6 nitrogen and oxygen atoms in total. The number of hydrogen-bond acceptors (Lipinski definition) is 6. The number of thiophene rings is 1. The Morgan fingerprint density at radius 1 is 1.48 bits per heavy atom. The Hall–Kier alpha value is -2.12. The Morgan fingerprint density at radius 3 is 3.05 bits per heavy atom. The van der Waals surface area contributed by atoms with Gasteiger partial charge < -0.3 is 16.2 Å². The average Bonchev–Trinajstić information content (AvgIpc) is 3.08. The van der Waals surface area contributed by atoms with Gasteiger partial charge in [0, 0.05) is 25.4 Å². The van der Waals surface area contributed by atoms with E-state index in [0.717, 1.165) is 32.0 Å². The second kappa shape index (κ2) is 5.71. The summed E-state index contributed by atoms with van der Waals surface area (Å²) in [6.45, 7) is 2.91. The summed E-state index contributed by atoms with van der Waals surface area (Å²) in [7, 11) is 0. The minimum Gasteiger partial charge on any atom is -0.396 e. The third-order valence-electron chi connectivity index (χ3n) is 3.29. The molecule has 7 heteroatoms. The lowest BCUT2D eigenvalue weighted by Gasteiger charge is -2.07. The van der Waals surface area contributed by atoms with Gasteiger partial charge in [0.1, 0.15) is 5.82 Å². The minimum atomic E-state index is 0.166. The van der Waals surface area contributed by atoms with Crippen molar-refractivity contribution in [2.24, 2.45) is 0 Å². The number of pyridine rings is 1. The first-order valence-corrected chi connectivity index (χ1v) is 7.56. The Bertz CT molecular complexity index is 750. The number of fused-ring (bicyclic) bond motifs is 1. The lowest BCUT2D eigenvalue weighted by Crippen LogP contribution is -2.04. The predicted octanol–water partition coefficient (Wildman–Crippen LogP) is 2.37. The second-order valence-corrected chi connectivity index (χ2v) is 5.82. The quantitative estimate of drug-likeness (QED) is 0.542. The monoisotopic (exact) mass is 303 g/mol. The fourth-order valence-corrected chi connectivity index (χ4v) is 3.48. The Morgan fingerprint density at radius 2 is 2.33 bits per heavy atom. The number of nitrogens with zero attached hydrogens (tertiary/aromatic N) is 2. The van der Waals surface area contributed by atoms with Crippen molar-refractivity contribution >= 4 is 33.1 Å². The van der Waals surface area contributed by atoms with Crippen molar-refractivity contribution in [1.82, 2.24) is 15.2 Å². The molecule has 0 aliphatic carbocycles. The molecular formula is C14H17N5OS. The number of aryl methyl sites for hydroxylation is 1. The van der Waals surface area contributed by atoms with Crippen LogP contribution in [-0.4, -0.2) is 33.4 Å².